The highest BCUT2D eigenvalue weighted by atomic mass is 16.5. The van der Waals surface area contributed by atoms with Gasteiger partial charge in [-0.05, 0) is 27.7 Å². The first kappa shape index (κ1) is 14.1. The summed E-state index contributed by atoms with van der Waals surface area (Å²) in [5.41, 5.74) is 7.93. The van der Waals surface area contributed by atoms with Gasteiger partial charge < -0.3 is 15.2 Å². The summed E-state index contributed by atoms with van der Waals surface area (Å²) >= 11 is 0. The number of ether oxygens (including phenoxy) is 2. The van der Waals surface area contributed by atoms with Gasteiger partial charge in [0, 0.05) is 7.05 Å². The van der Waals surface area contributed by atoms with Crippen molar-refractivity contribution < 1.29 is 9.47 Å². The molecular formula is C13H19N5O2. The molecule has 2 aromatic rings. The summed E-state index contributed by atoms with van der Waals surface area (Å²) in [6.07, 6.45) is 1.34. The van der Waals surface area contributed by atoms with E-state index in [2.05, 4.69) is 15.1 Å². The second-order valence-corrected chi connectivity index (χ2v) is 4.79. The molecule has 0 aliphatic heterocycles. The molecule has 0 aliphatic carbocycles. The lowest BCUT2D eigenvalue weighted by atomic mass is 10.3. The lowest BCUT2D eigenvalue weighted by Gasteiger charge is -2.13. The van der Waals surface area contributed by atoms with Gasteiger partial charge in [0.1, 0.15) is 12.0 Å². The normalized spacial score (nSPS) is 10.9. The first-order valence-corrected chi connectivity index (χ1v) is 6.35. The van der Waals surface area contributed by atoms with E-state index < -0.39 is 0 Å². The van der Waals surface area contributed by atoms with E-state index in [0.717, 1.165) is 11.4 Å². The van der Waals surface area contributed by atoms with Crippen molar-refractivity contribution in [3.63, 3.8) is 0 Å². The Balaban J connectivity index is 2.34. The van der Waals surface area contributed by atoms with Gasteiger partial charge in [0.05, 0.1) is 11.8 Å². The average Bonchev–Trinajstić information content (AvgIpc) is 2.60. The highest BCUT2D eigenvalue weighted by Gasteiger charge is 2.17. The van der Waals surface area contributed by atoms with Crippen LogP contribution in [-0.4, -0.2) is 25.9 Å². The fourth-order valence-electron chi connectivity index (χ4n) is 1.76. The second kappa shape index (κ2) is 5.36. The molecule has 0 aliphatic rings. The van der Waals surface area contributed by atoms with E-state index >= 15 is 0 Å². The first-order chi connectivity index (χ1) is 9.40. The molecular weight excluding hydrogens is 258 g/mol. The van der Waals surface area contributed by atoms with Crippen molar-refractivity contribution in [3.8, 4) is 17.5 Å². The molecule has 0 aromatic carbocycles. The Kier molecular flexibility index (Phi) is 3.78. The van der Waals surface area contributed by atoms with Crippen molar-refractivity contribution in [1.29, 1.82) is 0 Å². The topological polar surface area (TPSA) is 88.1 Å². The minimum absolute atomic E-state index is 0.0260. The van der Waals surface area contributed by atoms with Crippen LogP contribution in [0.5, 0.6) is 17.5 Å². The number of anilines is 1. The van der Waals surface area contributed by atoms with Gasteiger partial charge in [0.15, 0.2) is 11.4 Å². The zero-order valence-electron chi connectivity index (χ0n) is 12.3. The molecule has 2 rings (SSSR count). The SMILES string of the molecule is Cc1nn(C)c(C)c1Oc1ncnc(OC(C)C)c1N. The van der Waals surface area contributed by atoms with E-state index in [0.29, 0.717) is 11.6 Å². The number of nitrogens with zero attached hydrogens (tertiary/aromatic N) is 4. The lowest BCUT2D eigenvalue weighted by molar-refractivity contribution is 0.232. The van der Waals surface area contributed by atoms with Gasteiger partial charge in [-0.2, -0.15) is 15.1 Å². The molecule has 0 spiro atoms. The molecule has 108 valence electrons. The number of hydrogen-bond donors (Lipinski definition) is 1. The quantitative estimate of drug-likeness (QED) is 0.919. The van der Waals surface area contributed by atoms with Crippen molar-refractivity contribution in [2.24, 2.45) is 7.05 Å². The summed E-state index contributed by atoms with van der Waals surface area (Å²) in [6.45, 7) is 7.58. The Morgan fingerprint density at radius 2 is 1.85 bits per heavy atom. The summed E-state index contributed by atoms with van der Waals surface area (Å²) in [4.78, 5) is 8.07. The average molecular weight is 277 g/mol. The standard InChI is InChI=1S/C13H19N5O2/c1-7(2)19-12-10(14)13(16-6-15-12)20-11-8(3)17-18(5)9(11)4/h6-7H,14H2,1-5H3. The summed E-state index contributed by atoms with van der Waals surface area (Å²) in [6, 6.07) is 0. The molecule has 7 heteroatoms. The predicted octanol–water partition coefficient (Wildman–Crippen LogP) is 1.99. The molecule has 0 atom stereocenters. The minimum Gasteiger partial charge on any atom is -0.473 e. The van der Waals surface area contributed by atoms with Gasteiger partial charge in [-0.15, -0.1) is 0 Å². The van der Waals surface area contributed by atoms with Gasteiger partial charge in [-0.3, -0.25) is 4.68 Å². The molecule has 0 saturated carbocycles. The van der Waals surface area contributed by atoms with E-state index in [4.69, 9.17) is 15.2 Å². The largest absolute Gasteiger partial charge is 0.473 e. The Bertz CT molecular complexity index is 621. The number of nitrogen functional groups attached to an aromatic ring is 1. The monoisotopic (exact) mass is 277 g/mol. The highest BCUT2D eigenvalue weighted by molar-refractivity contribution is 5.57. The van der Waals surface area contributed by atoms with Crippen molar-refractivity contribution in [1.82, 2.24) is 19.7 Å². The van der Waals surface area contributed by atoms with Crippen molar-refractivity contribution in [3.05, 3.63) is 17.7 Å². The molecule has 0 bridgehead atoms. The smallest absolute Gasteiger partial charge is 0.250 e. The van der Waals surface area contributed by atoms with Gasteiger partial charge in [-0.1, -0.05) is 0 Å². The fourth-order valence-corrected chi connectivity index (χ4v) is 1.76. The third-order valence-corrected chi connectivity index (χ3v) is 2.80. The lowest BCUT2D eigenvalue weighted by Crippen LogP contribution is -2.10. The van der Waals surface area contributed by atoms with Crippen molar-refractivity contribution >= 4 is 5.69 Å². The predicted molar refractivity (Wildman–Crippen MR) is 75.0 cm³/mol. The van der Waals surface area contributed by atoms with Crippen LogP contribution in [0.15, 0.2) is 6.33 Å². The molecule has 7 nitrogen and oxygen atoms in total. The van der Waals surface area contributed by atoms with Crippen LogP contribution in [0.25, 0.3) is 0 Å². The maximum absolute atomic E-state index is 5.98. The van der Waals surface area contributed by atoms with Crippen molar-refractivity contribution in [2.75, 3.05) is 5.73 Å². The molecule has 2 heterocycles. The molecule has 0 radical (unpaired) electrons. The van der Waals surface area contributed by atoms with Crippen LogP contribution in [-0.2, 0) is 7.05 Å². The zero-order valence-corrected chi connectivity index (χ0v) is 12.3. The summed E-state index contributed by atoms with van der Waals surface area (Å²) < 4.78 is 13.0. The first-order valence-electron chi connectivity index (χ1n) is 6.35. The van der Waals surface area contributed by atoms with Gasteiger partial charge in [-0.25, -0.2) is 0 Å². The molecule has 20 heavy (non-hydrogen) atoms. The van der Waals surface area contributed by atoms with Crippen LogP contribution in [0.4, 0.5) is 5.69 Å². The summed E-state index contributed by atoms with van der Waals surface area (Å²) in [5.74, 6) is 1.24. The number of nitrogens with two attached hydrogens (primary N) is 1. The Hall–Kier alpha value is -2.31. The summed E-state index contributed by atoms with van der Waals surface area (Å²) in [7, 11) is 1.85. The zero-order chi connectivity index (χ0) is 14.9. The number of rotatable bonds is 4. The Morgan fingerprint density at radius 1 is 1.20 bits per heavy atom. The number of aromatic nitrogens is 4. The molecule has 2 aromatic heterocycles. The second-order valence-electron chi connectivity index (χ2n) is 4.79. The minimum atomic E-state index is -0.0260. The Morgan fingerprint density at radius 3 is 2.40 bits per heavy atom. The van der Waals surface area contributed by atoms with E-state index in [-0.39, 0.29) is 17.7 Å². The van der Waals surface area contributed by atoms with Crippen LogP contribution >= 0.6 is 0 Å². The molecule has 0 amide bonds. The third-order valence-electron chi connectivity index (χ3n) is 2.80. The van der Waals surface area contributed by atoms with E-state index in [1.165, 1.54) is 6.33 Å². The van der Waals surface area contributed by atoms with E-state index in [9.17, 15) is 0 Å². The van der Waals surface area contributed by atoms with Crippen LogP contribution in [0.1, 0.15) is 25.2 Å². The molecule has 2 N–H and O–H groups in total. The number of hydrogen-bond acceptors (Lipinski definition) is 6. The van der Waals surface area contributed by atoms with Gasteiger partial charge in [0.25, 0.3) is 0 Å². The third kappa shape index (κ3) is 2.66. The van der Waals surface area contributed by atoms with E-state index in [1.54, 1.807) is 4.68 Å². The molecule has 0 saturated heterocycles. The maximum Gasteiger partial charge on any atom is 0.250 e. The van der Waals surface area contributed by atoms with Crippen LogP contribution in [0, 0.1) is 13.8 Å². The molecule has 0 unspecified atom stereocenters. The highest BCUT2D eigenvalue weighted by Crippen LogP contribution is 2.33. The van der Waals surface area contributed by atoms with Crippen LogP contribution in [0.2, 0.25) is 0 Å². The Labute approximate surface area is 117 Å². The van der Waals surface area contributed by atoms with E-state index in [1.807, 2.05) is 34.7 Å². The van der Waals surface area contributed by atoms with Gasteiger partial charge >= 0.3 is 0 Å². The maximum atomic E-state index is 5.98. The van der Waals surface area contributed by atoms with Crippen molar-refractivity contribution in [2.45, 2.75) is 33.8 Å². The fraction of sp³-hybridized carbons (Fsp3) is 0.462. The summed E-state index contributed by atoms with van der Waals surface area (Å²) in [5, 5.41) is 4.28. The van der Waals surface area contributed by atoms with Crippen LogP contribution < -0.4 is 15.2 Å². The van der Waals surface area contributed by atoms with Gasteiger partial charge in [0.2, 0.25) is 11.8 Å². The number of aryl methyl sites for hydroxylation is 2. The van der Waals surface area contributed by atoms with Crippen LogP contribution in [0.3, 0.4) is 0 Å². The molecule has 0 fully saturated rings.